The quantitative estimate of drug-likeness (QED) is 0.765. The number of ether oxygens (including phenoxy) is 1. The number of nitrogens with one attached hydrogen (secondary N) is 1. The summed E-state index contributed by atoms with van der Waals surface area (Å²) in [5, 5.41) is 15.3. The molecule has 1 N–H and O–H groups in total. The Hall–Kier alpha value is -3.16. The molecule has 140 valence electrons. The van der Waals surface area contributed by atoms with Crippen molar-refractivity contribution in [2.75, 3.05) is 20.2 Å². The first-order chi connectivity index (χ1) is 13.2. The second-order valence-electron chi connectivity index (χ2n) is 6.78. The van der Waals surface area contributed by atoms with Crippen LogP contribution in [-0.4, -0.2) is 56.0 Å². The van der Waals surface area contributed by atoms with Crippen molar-refractivity contribution in [3.8, 4) is 17.0 Å². The molecule has 1 fully saturated rings. The highest BCUT2D eigenvalue weighted by atomic mass is 16.5. The molecule has 0 saturated carbocycles. The lowest BCUT2D eigenvalue weighted by molar-refractivity contribution is 0.0704. The molecule has 1 atom stereocenters. The molecule has 0 radical (unpaired) electrons. The number of carbonyl (C=O) groups excluding carboxylic acids is 1. The fourth-order valence-corrected chi connectivity index (χ4v) is 3.65. The molecular weight excluding hydrogens is 344 g/mol. The molecule has 8 nitrogen and oxygen atoms in total. The molecule has 4 rings (SSSR count). The van der Waals surface area contributed by atoms with Gasteiger partial charge in [-0.1, -0.05) is 12.1 Å². The Kier molecular flexibility index (Phi) is 4.62. The maximum Gasteiger partial charge on any atom is 0.257 e. The van der Waals surface area contributed by atoms with E-state index in [0.29, 0.717) is 17.8 Å². The zero-order valence-electron chi connectivity index (χ0n) is 15.4. The normalized spacial score (nSPS) is 17.1. The number of aromatic nitrogens is 5. The van der Waals surface area contributed by atoms with E-state index >= 15 is 0 Å². The zero-order valence-corrected chi connectivity index (χ0v) is 15.4. The van der Waals surface area contributed by atoms with Gasteiger partial charge in [-0.25, -0.2) is 0 Å². The molecule has 0 unspecified atom stereocenters. The number of aryl methyl sites for hydroxylation is 1. The van der Waals surface area contributed by atoms with Gasteiger partial charge in [0.2, 0.25) is 0 Å². The van der Waals surface area contributed by atoms with E-state index < -0.39 is 0 Å². The van der Waals surface area contributed by atoms with Crippen molar-refractivity contribution in [2.45, 2.75) is 18.8 Å². The van der Waals surface area contributed by atoms with Gasteiger partial charge in [-0.3, -0.25) is 9.89 Å². The van der Waals surface area contributed by atoms with Crippen LogP contribution in [0.3, 0.4) is 0 Å². The van der Waals surface area contributed by atoms with Crippen LogP contribution >= 0.6 is 0 Å². The minimum atomic E-state index is -0.0200. The predicted molar refractivity (Wildman–Crippen MR) is 99.5 cm³/mol. The summed E-state index contributed by atoms with van der Waals surface area (Å²) in [6, 6.07) is 7.60. The number of H-pyrrole nitrogens is 1. The average molecular weight is 366 g/mol. The summed E-state index contributed by atoms with van der Waals surface area (Å²) in [5.41, 5.74) is 2.15. The Bertz CT molecular complexity index is 947. The molecule has 2 aromatic heterocycles. The van der Waals surface area contributed by atoms with Crippen LogP contribution in [0, 0.1) is 0 Å². The van der Waals surface area contributed by atoms with E-state index in [9.17, 15) is 4.79 Å². The number of aromatic amines is 1. The maximum atomic E-state index is 13.2. The summed E-state index contributed by atoms with van der Waals surface area (Å²) in [6.45, 7) is 1.37. The Morgan fingerprint density at radius 2 is 2.26 bits per heavy atom. The van der Waals surface area contributed by atoms with Gasteiger partial charge in [0, 0.05) is 31.6 Å². The first-order valence-electron chi connectivity index (χ1n) is 8.98. The summed E-state index contributed by atoms with van der Waals surface area (Å²) in [5.74, 6) is 1.84. The van der Waals surface area contributed by atoms with Crippen molar-refractivity contribution < 1.29 is 9.53 Å². The summed E-state index contributed by atoms with van der Waals surface area (Å²) in [6.07, 6.45) is 5.25. The number of benzene rings is 1. The summed E-state index contributed by atoms with van der Waals surface area (Å²) < 4.78 is 7.22. The molecule has 1 aliphatic rings. The van der Waals surface area contributed by atoms with E-state index in [2.05, 4.69) is 20.4 Å². The number of nitrogens with zero attached hydrogens (tertiary/aromatic N) is 5. The van der Waals surface area contributed by atoms with E-state index in [1.807, 2.05) is 40.8 Å². The molecule has 1 amide bonds. The van der Waals surface area contributed by atoms with Crippen LogP contribution in [0.4, 0.5) is 0 Å². The standard InChI is InChI=1S/C19H22N6O2/c1-24-12-21-23-18(24)14-6-4-8-25(11-14)19(26)16-10-20-22-17(16)13-5-3-7-15(9-13)27-2/h3,5,7,9-10,12,14H,4,6,8,11H2,1-2H3,(H,20,22)/t14-/m1/s1. The fraction of sp³-hybridized carbons (Fsp3) is 0.368. The number of hydrogen-bond donors (Lipinski definition) is 1. The Labute approximate surface area is 157 Å². The molecule has 3 heterocycles. The lowest BCUT2D eigenvalue weighted by Crippen LogP contribution is -2.39. The minimum Gasteiger partial charge on any atom is -0.497 e. The molecule has 1 aromatic carbocycles. The van der Waals surface area contributed by atoms with Crippen molar-refractivity contribution in [1.29, 1.82) is 0 Å². The van der Waals surface area contributed by atoms with Gasteiger partial charge in [0.15, 0.2) is 0 Å². The highest BCUT2D eigenvalue weighted by molar-refractivity contribution is 5.99. The number of likely N-dealkylation sites (tertiary alicyclic amines) is 1. The number of rotatable bonds is 4. The Morgan fingerprint density at radius 1 is 1.37 bits per heavy atom. The number of methoxy groups -OCH3 is 1. The minimum absolute atomic E-state index is 0.0200. The van der Waals surface area contributed by atoms with Crippen molar-refractivity contribution in [1.82, 2.24) is 29.9 Å². The van der Waals surface area contributed by atoms with Crippen LogP contribution < -0.4 is 4.74 Å². The molecule has 3 aromatic rings. The molecule has 1 aliphatic heterocycles. The van der Waals surface area contributed by atoms with E-state index in [1.165, 1.54) is 0 Å². The molecule has 0 bridgehead atoms. The zero-order chi connectivity index (χ0) is 18.8. The highest BCUT2D eigenvalue weighted by Gasteiger charge is 2.29. The molecule has 1 saturated heterocycles. The Balaban J connectivity index is 1.58. The van der Waals surface area contributed by atoms with E-state index in [1.54, 1.807) is 19.6 Å². The predicted octanol–water partition coefficient (Wildman–Crippen LogP) is 2.23. The fourth-order valence-electron chi connectivity index (χ4n) is 3.65. The molecule has 0 aliphatic carbocycles. The van der Waals surface area contributed by atoms with Crippen LogP contribution in [0.15, 0.2) is 36.8 Å². The van der Waals surface area contributed by atoms with Crippen LogP contribution in [-0.2, 0) is 7.05 Å². The second-order valence-corrected chi connectivity index (χ2v) is 6.78. The van der Waals surface area contributed by atoms with Gasteiger partial charge >= 0.3 is 0 Å². The second kappa shape index (κ2) is 7.22. The summed E-state index contributed by atoms with van der Waals surface area (Å²) in [7, 11) is 3.56. The van der Waals surface area contributed by atoms with Crippen molar-refractivity contribution >= 4 is 5.91 Å². The first kappa shape index (κ1) is 17.3. The van der Waals surface area contributed by atoms with Crippen LogP contribution in [0.2, 0.25) is 0 Å². The SMILES string of the molecule is COc1cccc(-c2[nH]ncc2C(=O)N2CCC[C@@H](c3nncn3C)C2)c1. The molecule has 27 heavy (non-hydrogen) atoms. The third-order valence-corrected chi connectivity index (χ3v) is 5.05. The topological polar surface area (TPSA) is 88.9 Å². The Morgan fingerprint density at radius 3 is 3.04 bits per heavy atom. The van der Waals surface area contributed by atoms with Crippen molar-refractivity contribution in [3.05, 3.63) is 48.2 Å². The number of carbonyl (C=O) groups is 1. The van der Waals surface area contributed by atoms with Gasteiger partial charge in [-0.2, -0.15) is 5.10 Å². The number of amides is 1. The lowest BCUT2D eigenvalue weighted by Gasteiger charge is -2.32. The lowest BCUT2D eigenvalue weighted by atomic mass is 9.96. The van der Waals surface area contributed by atoms with Gasteiger partial charge < -0.3 is 14.2 Å². The van der Waals surface area contributed by atoms with Crippen molar-refractivity contribution in [2.24, 2.45) is 7.05 Å². The van der Waals surface area contributed by atoms with E-state index in [-0.39, 0.29) is 11.8 Å². The molecule has 0 spiro atoms. The average Bonchev–Trinajstić information content (AvgIpc) is 3.36. The summed E-state index contributed by atoms with van der Waals surface area (Å²) in [4.78, 5) is 15.1. The first-order valence-corrected chi connectivity index (χ1v) is 8.98. The smallest absolute Gasteiger partial charge is 0.257 e. The van der Waals surface area contributed by atoms with Crippen molar-refractivity contribution in [3.63, 3.8) is 0 Å². The monoisotopic (exact) mass is 366 g/mol. The van der Waals surface area contributed by atoms with E-state index in [0.717, 1.165) is 36.5 Å². The van der Waals surface area contributed by atoms with Gasteiger partial charge in [0.05, 0.1) is 24.6 Å². The maximum absolute atomic E-state index is 13.2. The molecule has 8 heteroatoms. The molecular formula is C19H22N6O2. The number of piperidine rings is 1. The number of hydrogen-bond acceptors (Lipinski definition) is 5. The van der Waals surface area contributed by atoms with Gasteiger partial charge in [-0.05, 0) is 25.0 Å². The van der Waals surface area contributed by atoms with Crippen LogP contribution in [0.5, 0.6) is 5.75 Å². The van der Waals surface area contributed by atoms with Gasteiger partial charge in [0.1, 0.15) is 17.9 Å². The van der Waals surface area contributed by atoms with E-state index in [4.69, 9.17) is 4.74 Å². The van der Waals surface area contributed by atoms with Gasteiger partial charge in [-0.15, -0.1) is 10.2 Å². The van der Waals surface area contributed by atoms with Gasteiger partial charge in [0.25, 0.3) is 5.91 Å². The largest absolute Gasteiger partial charge is 0.497 e. The summed E-state index contributed by atoms with van der Waals surface area (Å²) >= 11 is 0. The van der Waals surface area contributed by atoms with Crippen LogP contribution in [0.25, 0.3) is 11.3 Å². The highest BCUT2D eigenvalue weighted by Crippen LogP contribution is 2.29. The third kappa shape index (κ3) is 3.30. The third-order valence-electron chi connectivity index (χ3n) is 5.05. The van der Waals surface area contributed by atoms with Crippen LogP contribution in [0.1, 0.15) is 34.9 Å².